The Bertz CT molecular complexity index is 736. The van der Waals surface area contributed by atoms with Gasteiger partial charge in [-0.15, -0.1) is 11.8 Å². The highest BCUT2D eigenvalue weighted by molar-refractivity contribution is 7.99. The molecule has 25 heavy (non-hydrogen) atoms. The first-order valence-corrected chi connectivity index (χ1v) is 9.07. The molecule has 1 unspecified atom stereocenters. The van der Waals surface area contributed by atoms with Gasteiger partial charge in [-0.1, -0.05) is 24.3 Å². The zero-order valence-corrected chi connectivity index (χ0v) is 15.1. The number of likely N-dealkylation sites (N-methyl/N-ethyl adjacent to an activating group) is 1. The first-order valence-electron chi connectivity index (χ1n) is 8.19. The molecule has 2 atom stereocenters. The van der Waals surface area contributed by atoms with Gasteiger partial charge >= 0.3 is 0 Å². The summed E-state index contributed by atoms with van der Waals surface area (Å²) in [4.78, 5) is 15.6. The lowest BCUT2D eigenvalue weighted by Crippen LogP contribution is -2.43. The molecule has 0 radical (unpaired) electrons. The van der Waals surface area contributed by atoms with E-state index in [2.05, 4.69) is 5.32 Å². The Morgan fingerprint density at radius 2 is 1.92 bits per heavy atom. The Morgan fingerprint density at radius 1 is 1.20 bits per heavy atom. The van der Waals surface area contributed by atoms with Crippen molar-refractivity contribution in [2.24, 2.45) is 0 Å². The van der Waals surface area contributed by atoms with Crippen molar-refractivity contribution in [3.63, 3.8) is 0 Å². The topological polar surface area (TPSA) is 61.8 Å². The maximum Gasteiger partial charge on any atom is 0.257 e. The van der Waals surface area contributed by atoms with Crippen LogP contribution in [0.5, 0.6) is 5.75 Å². The molecule has 0 saturated heterocycles. The van der Waals surface area contributed by atoms with Gasteiger partial charge in [0.1, 0.15) is 11.9 Å². The molecule has 1 aliphatic heterocycles. The van der Waals surface area contributed by atoms with Crippen molar-refractivity contribution in [2.75, 3.05) is 32.1 Å². The van der Waals surface area contributed by atoms with Crippen LogP contribution in [0.1, 0.15) is 10.8 Å². The molecular weight excluding hydrogens is 336 g/mol. The number of hydrogen-bond acceptors (Lipinski definition) is 5. The van der Waals surface area contributed by atoms with E-state index in [0.717, 1.165) is 21.9 Å². The minimum Gasteiger partial charge on any atom is -0.497 e. The molecular formula is C19H22N2O3S. The zero-order chi connectivity index (χ0) is 17.8. The molecule has 0 fully saturated rings. The molecule has 0 bridgehead atoms. The molecule has 132 valence electrons. The maximum atomic E-state index is 12.9. The van der Waals surface area contributed by atoms with Gasteiger partial charge in [0.2, 0.25) is 0 Å². The van der Waals surface area contributed by atoms with Gasteiger partial charge in [-0.3, -0.25) is 4.79 Å². The minimum absolute atomic E-state index is 0.270. The van der Waals surface area contributed by atoms with Crippen LogP contribution in [-0.4, -0.2) is 44.4 Å². The van der Waals surface area contributed by atoms with Gasteiger partial charge in [0.05, 0.1) is 18.0 Å². The number of methoxy groups -OCH3 is 1. The molecule has 1 aliphatic rings. The van der Waals surface area contributed by atoms with Crippen LogP contribution in [0.25, 0.3) is 0 Å². The molecule has 3 rings (SSSR count). The summed E-state index contributed by atoms with van der Waals surface area (Å²) in [6, 6.07) is 15.3. The van der Waals surface area contributed by atoms with E-state index in [1.807, 2.05) is 55.6 Å². The number of nitrogens with one attached hydrogen (secondary N) is 1. The van der Waals surface area contributed by atoms with Crippen LogP contribution >= 0.6 is 11.8 Å². The van der Waals surface area contributed by atoms with E-state index < -0.39 is 6.10 Å². The molecule has 2 aromatic carbocycles. The SMILES string of the molecule is CNCCN1C(=O)[C@@H](O)C(c2ccc(OC)cc2)Sc2ccccc21. The highest BCUT2D eigenvalue weighted by Crippen LogP contribution is 2.45. The van der Waals surface area contributed by atoms with E-state index in [9.17, 15) is 9.90 Å². The fourth-order valence-corrected chi connectivity index (χ4v) is 4.16. The number of benzene rings is 2. The highest BCUT2D eigenvalue weighted by Gasteiger charge is 2.36. The lowest BCUT2D eigenvalue weighted by atomic mass is 10.1. The third kappa shape index (κ3) is 3.66. The molecule has 2 N–H and O–H groups in total. The van der Waals surface area contributed by atoms with Crippen molar-refractivity contribution in [1.82, 2.24) is 5.32 Å². The van der Waals surface area contributed by atoms with Crippen molar-refractivity contribution in [3.8, 4) is 5.75 Å². The summed E-state index contributed by atoms with van der Waals surface area (Å²) in [5.74, 6) is 0.479. The second-order valence-corrected chi connectivity index (χ2v) is 7.00. The summed E-state index contributed by atoms with van der Waals surface area (Å²) in [6.45, 7) is 1.17. The van der Waals surface area contributed by atoms with Gasteiger partial charge in [0.25, 0.3) is 5.91 Å². The lowest BCUT2D eigenvalue weighted by molar-refractivity contribution is -0.126. The normalized spacial score (nSPS) is 20.1. The van der Waals surface area contributed by atoms with E-state index in [-0.39, 0.29) is 11.2 Å². The average Bonchev–Trinajstić information content (AvgIpc) is 2.76. The summed E-state index contributed by atoms with van der Waals surface area (Å²) < 4.78 is 5.20. The van der Waals surface area contributed by atoms with E-state index >= 15 is 0 Å². The number of aliphatic hydroxyl groups is 1. The summed E-state index contributed by atoms with van der Waals surface area (Å²) >= 11 is 1.52. The Morgan fingerprint density at radius 3 is 2.60 bits per heavy atom. The third-order valence-corrected chi connectivity index (χ3v) is 5.63. The number of thioether (sulfide) groups is 1. The monoisotopic (exact) mass is 358 g/mol. The summed E-state index contributed by atoms with van der Waals surface area (Å²) in [5, 5.41) is 13.5. The van der Waals surface area contributed by atoms with Gasteiger partial charge in [0.15, 0.2) is 0 Å². The largest absolute Gasteiger partial charge is 0.497 e. The van der Waals surface area contributed by atoms with E-state index in [1.54, 1.807) is 12.0 Å². The van der Waals surface area contributed by atoms with Crippen LogP contribution < -0.4 is 15.0 Å². The molecule has 0 aromatic heterocycles. The number of amides is 1. The van der Waals surface area contributed by atoms with Crippen molar-refractivity contribution >= 4 is 23.4 Å². The first-order chi connectivity index (χ1) is 12.2. The van der Waals surface area contributed by atoms with Gasteiger partial charge in [0, 0.05) is 18.0 Å². The second-order valence-electron chi connectivity index (χ2n) is 5.82. The fourth-order valence-electron chi connectivity index (χ4n) is 2.89. The number of aliphatic hydroxyl groups excluding tert-OH is 1. The number of nitrogens with zero attached hydrogens (tertiary/aromatic N) is 1. The number of carbonyl (C=O) groups is 1. The van der Waals surface area contributed by atoms with Gasteiger partial charge in [-0.05, 0) is 36.9 Å². The Kier molecular flexibility index (Phi) is 5.63. The number of rotatable bonds is 5. The highest BCUT2D eigenvalue weighted by atomic mass is 32.2. The Hall–Kier alpha value is -2.02. The Balaban J connectivity index is 1.99. The van der Waals surface area contributed by atoms with Crippen LogP contribution in [-0.2, 0) is 4.79 Å². The van der Waals surface area contributed by atoms with Crippen LogP contribution in [0.2, 0.25) is 0 Å². The number of hydrogen-bond donors (Lipinski definition) is 2. The molecule has 1 amide bonds. The van der Waals surface area contributed by atoms with Crippen LogP contribution in [0.3, 0.4) is 0 Å². The second kappa shape index (κ2) is 7.91. The quantitative estimate of drug-likeness (QED) is 0.860. The summed E-state index contributed by atoms with van der Waals surface area (Å²) in [7, 11) is 3.46. The fraction of sp³-hybridized carbons (Fsp3) is 0.316. The Labute approximate surface area is 152 Å². The van der Waals surface area contributed by atoms with Gasteiger partial charge in [-0.25, -0.2) is 0 Å². The standard InChI is InChI=1S/C19H22N2O3S/c1-20-11-12-21-15-5-3-4-6-16(15)25-18(17(22)19(21)23)13-7-9-14(24-2)10-8-13/h3-10,17-18,20,22H,11-12H2,1-2H3/t17-,18?/m0/s1. The van der Waals surface area contributed by atoms with Gasteiger partial charge < -0.3 is 20.1 Å². The van der Waals surface area contributed by atoms with Gasteiger partial charge in [-0.2, -0.15) is 0 Å². The lowest BCUT2D eigenvalue weighted by Gasteiger charge is -2.25. The van der Waals surface area contributed by atoms with Crippen LogP contribution in [0.15, 0.2) is 53.4 Å². The predicted molar refractivity (Wildman–Crippen MR) is 100 cm³/mol. The number of fused-ring (bicyclic) bond motifs is 1. The smallest absolute Gasteiger partial charge is 0.257 e. The zero-order valence-electron chi connectivity index (χ0n) is 14.3. The molecule has 5 nitrogen and oxygen atoms in total. The predicted octanol–water partition coefficient (Wildman–Crippen LogP) is 2.46. The van der Waals surface area contributed by atoms with Crippen molar-refractivity contribution < 1.29 is 14.6 Å². The average molecular weight is 358 g/mol. The van der Waals surface area contributed by atoms with E-state index in [0.29, 0.717) is 13.1 Å². The number of para-hydroxylation sites is 1. The number of ether oxygens (including phenoxy) is 1. The van der Waals surface area contributed by atoms with Crippen LogP contribution in [0, 0.1) is 0 Å². The van der Waals surface area contributed by atoms with Crippen molar-refractivity contribution in [3.05, 3.63) is 54.1 Å². The first kappa shape index (κ1) is 17.8. The third-order valence-electron chi connectivity index (χ3n) is 4.25. The summed E-state index contributed by atoms with van der Waals surface area (Å²) in [5.41, 5.74) is 1.75. The van der Waals surface area contributed by atoms with Crippen molar-refractivity contribution in [2.45, 2.75) is 16.2 Å². The molecule has 0 saturated carbocycles. The molecule has 2 aromatic rings. The van der Waals surface area contributed by atoms with E-state index in [4.69, 9.17) is 4.74 Å². The summed E-state index contributed by atoms with van der Waals surface area (Å²) in [6.07, 6.45) is -1.11. The minimum atomic E-state index is -1.11. The number of anilines is 1. The van der Waals surface area contributed by atoms with E-state index in [1.165, 1.54) is 11.8 Å². The molecule has 0 spiro atoms. The molecule has 6 heteroatoms. The van der Waals surface area contributed by atoms with Crippen molar-refractivity contribution in [1.29, 1.82) is 0 Å². The van der Waals surface area contributed by atoms with Crippen LogP contribution in [0.4, 0.5) is 5.69 Å². The molecule has 0 aliphatic carbocycles. The number of carbonyl (C=O) groups excluding carboxylic acids is 1. The molecule has 1 heterocycles. The maximum absolute atomic E-state index is 12.9.